The maximum Gasteiger partial charge on any atom is 0.255 e. The second-order valence-corrected chi connectivity index (χ2v) is 3.48. The Hall–Kier alpha value is -2.56. The van der Waals surface area contributed by atoms with Gasteiger partial charge in [0.15, 0.2) is 0 Å². The number of H-pyrrole nitrogens is 1. The van der Waals surface area contributed by atoms with Crippen LogP contribution in [0.25, 0.3) is 0 Å². The molecule has 4 N–H and O–H groups in total. The first-order valence-corrected chi connectivity index (χ1v) is 5.01. The van der Waals surface area contributed by atoms with E-state index in [4.69, 9.17) is 5.73 Å². The van der Waals surface area contributed by atoms with Crippen LogP contribution in [-0.4, -0.2) is 10.9 Å². The smallest absolute Gasteiger partial charge is 0.255 e. The molecule has 0 unspecified atom stereocenters. The van der Waals surface area contributed by atoms with Gasteiger partial charge >= 0.3 is 0 Å². The molecule has 0 saturated heterocycles. The highest BCUT2D eigenvalue weighted by molar-refractivity contribution is 6.05. The van der Waals surface area contributed by atoms with E-state index >= 15 is 0 Å². The van der Waals surface area contributed by atoms with Crippen molar-refractivity contribution in [2.24, 2.45) is 0 Å². The minimum absolute atomic E-state index is 0.289. The Balaban J connectivity index is 2.23. The van der Waals surface area contributed by atoms with Gasteiger partial charge in [0.05, 0.1) is 11.4 Å². The van der Waals surface area contributed by atoms with Crippen LogP contribution in [0.5, 0.6) is 0 Å². The number of pyridine rings is 1. The minimum atomic E-state index is -0.367. The fourth-order valence-electron chi connectivity index (χ4n) is 1.39. The van der Waals surface area contributed by atoms with Crippen molar-refractivity contribution < 1.29 is 4.79 Å². The number of para-hydroxylation sites is 2. The second kappa shape index (κ2) is 4.52. The third kappa shape index (κ3) is 2.52. The Morgan fingerprint density at radius 3 is 2.71 bits per heavy atom. The molecule has 0 aliphatic carbocycles. The largest absolute Gasteiger partial charge is 0.397 e. The summed E-state index contributed by atoms with van der Waals surface area (Å²) in [5.74, 6) is -0.367. The van der Waals surface area contributed by atoms with Crippen LogP contribution in [0.2, 0.25) is 0 Å². The number of nitrogens with one attached hydrogen (secondary N) is 2. The molecule has 1 aromatic carbocycles. The van der Waals surface area contributed by atoms with Crippen LogP contribution in [0.3, 0.4) is 0 Å². The lowest BCUT2D eigenvalue weighted by Gasteiger charge is -2.07. The fraction of sp³-hybridized carbons (Fsp3) is 0. The van der Waals surface area contributed by atoms with E-state index in [-0.39, 0.29) is 17.0 Å². The van der Waals surface area contributed by atoms with Gasteiger partial charge in [-0.3, -0.25) is 9.59 Å². The molecule has 0 saturated carbocycles. The highest BCUT2D eigenvalue weighted by Gasteiger charge is 2.07. The summed E-state index contributed by atoms with van der Waals surface area (Å²) in [4.78, 5) is 25.3. The first kappa shape index (κ1) is 10.9. The summed E-state index contributed by atoms with van der Waals surface area (Å²) in [5.41, 5.74) is 6.67. The first-order chi connectivity index (χ1) is 8.16. The SMILES string of the molecule is Nc1ccccc1NC(=O)c1cc[nH]c(=O)c1. The van der Waals surface area contributed by atoms with Gasteiger partial charge in [-0.15, -0.1) is 0 Å². The molecular formula is C12H11N3O2. The molecule has 0 radical (unpaired) electrons. The third-order valence-corrected chi connectivity index (χ3v) is 2.25. The maximum atomic E-state index is 11.8. The van der Waals surface area contributed by atoms with Crippen molar-refractivity contribution in [2.75, 3.05) is 11.1 Å². The van der Waals surface area contributed by atoms with Crippen molar-refractivity contribution in [3.63, 3.8) is 0 Å². The molecular weight excluding hydrogens is 218 g/mol. The third-order valence-electron chi connectivity index (χ3n) is 2.25. The van der Waals surface area contributed by atoms with E-state index in [1.54, 1.807) is 24.3 Å². The summed E-state index contributed by atoms with van der Waals surface area (Å²) >= 11 is 0. The normalized spacial score (nSPS) is 9.88. The molecule has 2 rings (SSSR count). The molecule has 0 aliphatic rings. The lowest BCUT2D eigenvalue weighted by molar-refractivity contribution is 0.102. The Bertz CT molecular complexity index is 604. The molecule has 0 spiro atoms. The van der Waals surface area contributed by atoms with Crippen molar-refractivity contribution in [3.8, 4) is 0 Å². The van der Waals surface area contributed by atoms with Crippen LogP contribution in [0.4, 0.5) is 11.4 Å². The minimum Gasteiger partial charge on any atom is -0.397 e. The monoisotopic (exact) mass is 229 g/mol. The van der Waals surface area contributed by atoms with E-state index in [9.17, 15) is 9.59 Å². The van der Waals surface area contributed by atoms with Gasteiger partial charge in [-0.2, -0.15) is 0 Å². The molecule has 0 atom stereocenters. The Morgan fingerprint density at radius 1 is 1.24 bits per heavy atom. The van der Waals surface area contributed by atoms with Gasteiger partial charge in [-0.1, -0.05) is 12.1 Å². The summed E-state index contributed by atoms with van der Waals surface area (Å²) < 4.78 is 0. The van der Waals surface area contributed by atoms with Crippen molar-refractivity contribution in [1.29, 1.82) is 0 Å². The van der Waals surface area contributed by atoms with E-state index in [0.29, 0.717) is 11.4 Å². The van der Waals surface area contributed by atoms with E-state index < -0.39 is 0 Å². The summed E-state index contributed by atoms with van der Waals surface area (Å²) in [6.07, 6.45) is 1.42. The lowest BCUT2D eigenvalue weighted by atomic mass is 10.2. The second-order valence-electron chi connectivity index (χ2n) is 3.48. The van der Waals surface area contributed by atoms with E-state index in [0.717, 1.165) is 0 Å². The molecule has 5 heteroatoms. The molecule has 1 amide bonds. The molecule has 5 nitrogen and oxygen atoms in total. The molecule has 86 valence electrons. The predicted octanol–water partition coefficient (Wildman–Crippen LogP) is 1.21. The van der Waals surface area contributed by atoms with Crippen LogP contribution >= 0.6 is 0 Å². The van der Waals surface area contributed by atoms with Crippen molar-refractivity contribution in [1.82, 2.24) is 4.98 Å². The van der Waals surface area contributed by atoms with Gasteiger partial charge in [0.25, 0.3) is 5.91 Å². The summed E-state index contributed by atoms with van der Waals surface area (Å²) in [5, 5.41) is 2.64. The Kier molecular flexibility index (Phi) is 2.91. The van der Waals surface area contributed by atoms with Crippen molar-refractivity contribution in [3.05, 3.63) is 58.5 Å². The van der Waals surface area contributed by atoms with E-state index in [1.807, 2.05) is 0 Å². The van der Waals surface area contributed by atoms with Crippen LogP contribution in [0, 0.1) is 0 Å². The number of rotatable bonds is 2. The number of aromatic nitrogens is 1. The molecule has 0 bridgehead atoms. The average molecular weight is 229 g/mol. The van der Waals surface area contributed by atoms with Gasteiger partial charge in [-0.05, 0) is 18.2 Å². The molecule has 0 aliphatic heterocycles. The lowest BCUT2D eigenvalue weighted by Crippen LogP contribution is -2.16. The number of aromatic amines is 1. The zero-order chi connectivity index (χ0) is 12.3. The summed E-state index contributed by atoms with van der Waals surface area (Å²) in [6.45, 7) is 0. The van der Waals surface area contributed by atoms with Crippen molar-refractivity contribution >= 4 is 17.3 Å². The van der Waals surface area contributed by atoms with Gasteiger partial charge in [-0.25, -0.2) is 0 Å². The van der Waals surface area contributed by atoms with Gasteiger partial charge in [0.1, 0.15) is 0 Å². The van der Waals surface area contributed by atoms with E-state index in [2.05, 4.69) is 10.3 Å². The molecule has 1 heterocycles. The zero-order valence-electron chi connectivity index (χ0n) is 8.94. The van der Waals surface area contributed by atoms with Crippen LogP contribution in [-0.2, 0) is 0 Å². The van der Waals surface area contributed by atoms with E-state index in [1.165, 1.54) is 18.3 Å². The Morgan fingerprint density at radius 2 is 2.00 bits per heavy atom. The topological polar surface area (TPSA) is 88.0 Å². The highest BCUT2D eigenvalue weighted by atomic mass is 16.2. The van der Waals surface area contributed by atoms with Crippen LogP contribution < -0.4 is 16.6 Å². The number of carbonyl (C=O) groups is 1. The van der Waals surface area contributed by atoms with Crippen LogP contribution in [0.15, 0.2) is 47.4 Å². The molecule has 0 fully saturated rings. The summed E-state index contributed by atoms with van der Waals surface area (Å²) in [6, 6.07) is 9.68. The predicted molar refractivity (Wildman–Crippen MR) is 65.9 cm³/mol. The number of amides is 1. The van der Waals surface area contributed by atoms with Crippen molar-refractivity contribution in [2.45, 2.75) is 0 Å². The number of anilines is 2. The van der Waals surface area contributed by atoms with Gasteiger partial charge in [0.2, 0.25) is 5.56 Å². The number of nitrogen functional groups attached to an aromatic ring is 1. The van der Waals surface area contributed by atoms with Crippen LogP contribution in [0.1, 0.15) is 10.4 Å². The number of carbonyl (C=O) groups excluding carboxylic acids is 1. The van der Waals surface area contributed by atoms with Gasteiger partial charge < -0.3 is 16.0 Å². The Labute approximate surface area is 97.3 Å². The number of hydrogen-bond donors (Lipinski definition) is 3. The molecule has 1 aromatic heterocycles. The quantitative estimate of drug-likeness (QED) is 0.676. The molecule has 17 heavy (non-hydrogen) atoms. The standard InChI is InChI=1S/C12H11N3O2/c13-9-3-1-2-4-10(9)15-12(17)8-5-6-14-11(16)7-8/h1-7H,13H2,(H,14,16)(H,15,17). The highest BCUT2D eigenvalue weighted by Crippen LogP contribution is 2.17. The first-order valence-electron chi connectivity index (χ1n) is 5.01. The average Bonchev–Trinajstić information content (AvgIpc) is 2.32. The number of nitrogens with two attached hydrogens (primary N) is 1. The molecule has 2 aromatic rings. The zero-order valence-corrected chi connectivity index (χ0v) is 8.94. The van der Waals surface area contributed by atoms with Gasteiger partial charge in [0, 0.05) is 17.8 Å². The number of hydrogen-bond acceptors (Lipinski definition) is 3. The fourth-order valence-corrected chi connectivity index (χ4v) is 1.39. The summed E-state index contributed by atoms with van der Waals surface area (Å²) in [7, 11) is 0. The number of benzene rings is 1. The maximum absolute atomic E-state index is 11.8.